The zero-order valence-electron chi connectivity index (χ0n) is 12.6. The number of hydrogen-bond acceptors (Lipinski definition) is 7. The van der Waals surface area contributed by atoms with Crippen LogP contribution in [0.2, 0.25) is 0 Å². The van der Waals surface area contributed by atoms with Crippen LogP contribution in [-0.2, 0) is 11.3 Å². The molecule has 2 aromatic heterocycles. The highest BCUT2D eigenvalue weighted by Crippen LogP contribution is 2.25. The molecule has 0 atom stereocenters. The van der Waals surface area contributed by atoms with Gasteiger partial charge >= 0.3 is 0 Å². The van der Waals surface area contributed by atoms with Crippen LogP contribution in [0.3, 0.4) is 0 Å². The maximum atomic E-state index is 12.4. The van der Waals surface area contributed by atoms with Crippen LogP contribution < -0.4 is 5.32 Å². The number of nitrogens with zero attached hydrogens (tertiary/aromatic N) is 3. The topological polar surface area (TPSA) is 58.1 Å². The molecule has 2 aromatic rings. The smallest absolute Gasteiger partial charge is 0.233 e. The van der Waals surface area contributed by atoms with E-state index in [9.17, 15) is 4.79 Å². The van der Waals surface area contributed by atoms with Crippen molar-refractivity contribution in [3.05, 3.63) is 47.7 Å². The first-order chi connectivity index (χ1) is 11.2. The highest BCUT2D eigenvalue weighted by Gasteiger charge is 2.15. The monoisotopic (exact) mass is 366 g/mol. The van der Waals surface area contributed by atoms with Crippen molar-refractivity contribution >= 4 is 45.5 Å². The summed E-state index contributed by atoms with van der Waals surface area (Å²) >= 11 is 4.49. The molecule has 8 heteroatoms. The van der Waals surface area contributed by atoms with Crippen LogP contribution in [0, 0.1) is 0 Å². The number of anilines is 1. The minimum absolute atomic E-state index is 0.0686. The average molecular weight is 367 g/mol. The van der Waals surface area contributed by atoms with Crippen molar-refractivity contribution < 1.29 is 4.79 Å². The third kappa shape index (κ3) is 5.81. The molecule has 23 heavy (non-hydrogen) atoms. The van der Waals surface area contributed by atoms with Gasteiger partial charge in [-0.3, -0.25) is 4.79 Å². The molecule has 0 saturated carbocycles. The molecule has 0 aromatic carbocycles. The van der Waals surface area contributed by atoms with E-state index in [1.807, 2.05) is 17.5 Å². The molecule has 0 saturated heterocycles. The Morgan fingerprint density at radius 3 is 2.96 bits per heavy atom. The predicted octanol–water partition coefficient (Wildman–Crippen LogP) is 3.50. The van der Waals surface area contributed by atoms with E-state index < -0.39 is 0 Å². The number of amides is 1. The van der Waals surface area contributed by atoms with E-state index >= 15 is 0 Å². The van der Waals surface area contributed by atoms with Crippen LogP contribution in [0.15, 0.2) is 47.2 Å². The Morgan fingerprint density at radius 2 is 2.26 bits per heavy atom. The Hall–Kier alpha value is -1.64. The third-order valence-electron chi connectivity index (χ3n) is 2.75. The number of aromatic nitrogens is 2. The quantitative estimate of drug-likeness (QED) is 0.515. The van der Waals surface area contributed by atoms with Crippen LogP contribution in [0.5, 0.6) is 0 Å². The summed E-state index contributed by atoms with van der Waals surface area (Å²) in [6.45, 7) is 9.17. The Bertz CT molecular complexity index is 639. The lowest BCUT2D eigenvalue weighted by molar-refractivity contribution is -0.128. The number of nitrogens with one attached hydrogen (secondary N) is 1. The summed E-state index contributed by atoms with van der Waals surface area (Å²) in [7, 11) is 0. The summed E-state index contributed by atoms with van der Waals surface area (Å²) in [5.74, 6) is 0.411. The standard InChI is InChI=1S/C15H18N4OS3/c1-3-7-16-14-17-18-15(23-14)22-11-13(20)19(8-4-2)10-12-6-5-9-21-12/h3-6,9H,1-2,7-8,10-11H2,(H,16,17). The van der Waals surface area contributed by atoms with Gasteiger partial charge < -0.3 is 10.2 Å². The molecule has 1 amide bonds. The minimum atomic E-state index is 0.0686. The highest BCUT2D eigenvalue weighted by molar-refractivity contribution is 8.01. The van der Waals surface area contributed by atoms with E-state index in [0.29, 0.717) is 25.4 Å². The van der Waals surface area contributed by atoms with Gasteiger partial charge in [-0.25, -0.2) is 0 Å². The molecule has 5 nitrogen and oxygen atoms in total. The molecule has 1 N–H and O–H groups in total. The number of carbonyl (C=O) groups excluding carboxylic acids is 1. The molecule has 2 heterocycles. The molecule has 0 spiro atoms. The SMILES string of the molecule is C=CCNc1nnc(SCC(=O)N(CC=C)Cc2cccs2)s1. The van der Waals surface area contributed by atoms with Crippen LogP contribution in [0.1, 0.15) is 4.88 Å². The fourth-order valence-corrected chi connectivity index (χ4v) is 4.10. The molecule has 0 fully saturated rings. The van der Waals surface area contributed by atoms with E-state index in [1.165, 1.54) is 23.1 Å². The van der Waals surface area contributed by atoms with Crippen molar-refractivity contribution in [2.45, 2.75) is 10.9 Å². The fourth-order valence-electron chi connectivity index (χ4n) is 1.71. The van der Waals surface area contributed by atoms with Gasteiger partial charge in [0.1, 0.15) is 0 Å². The normalized spacial score (nSPS) is 10.3. The van der Waals surface area contributed by atoms with Crippen molar-refractivity contribution in [1.82, 2.24) is 15.1 Å². The number of hydrogen-bond donors (Lipinski definition) is 1. The van der Waals surface area contributed by atoms with E-state index in [1.54, 1.807) is 28.4 Å². The molecule has 122 valence electrons. The zero-order valence-corrected chi connectivity index (χ0v) is 15.1. The van der Waals surface area contributed by atoms with Gasteiger partial charge in [0, 0.05) is 18.0 Å². The van der Waals surface area contributed by atoms with Gasteiger partial charge in [0.2, 0.25) is 11.0 Å². The largest absolute Gasteiger partial charge is 0.357 e. The van der Waals surface area contributed by atoms with Gasteiger partial charge in [0.25, 0.3) is 0 Å². The second-order valence-corrected chi connectivity index (χ2v) is 7.71. The van der Waals surface area contributed by atoms with Gasteiger partial charge in [-0.2, -0.15) is 0 Å². The average Bonchev–Trinajstić information content (AvgIpc) is 3.22. The minimum Gasteiger partial charge on any atom is -0.357 e. The van der Waals surface area contributed by atoms with Crippen LogP contribution in [-0.4, -0.2) is 39.8 Å². The Balaban J connectivity index is 1.86. The first kappa shape index (κ1) is 17.7. The summed E-state index contributed by atoms with van der Waals surface area (Å²) in [5, 5.41) is 13.9. The zero-order chi connectivity index (χ0) is 16.5. The number of thioether (sulfide) groups is 1. The number of rotatable bonds is 10. The molecule has 2 rings (SSSR count). The van der Waals surface area contributed by atoms with Crippen molar-refractivity contribution in [2.75, 3.05) is 24.2 Å². The van der Waals surface area contributed by atoms with Gasteiger partial charge in [0.05, 0.1) is 12.3 Å². The third-order valence-corrected chi connectivity index (χ3v) is 5.61. The Morgan fingerprint density at radius 1 is 1.39 bits per heavy atom. The fraction of sp³-hybridized carbons (Fsp3) is 0.267. The van der Waals surface area contributed by atoms with Crippen molar-refractivity contribution in [2.24, 2.45) is 0 Å². The lowest BCUT2D eigenvalue weighted by Gasteiger charge is -2.19. The van der Waals surface area contributed by atoms with Gasteiger partial charge in [-0.15, -0.1) is 34.7 Å². The Kier molecular flexibility index (Phi) is 7.31. The van der Waals surface area contributed by atoms with Gasteiger partial charge in [-0.05, 0) is 11.4 Å². The first-order valence-corrected chi connectivity index (χ1v) is 9.63. The van der Waals surface area contributed by atoms with E-state index in [2.05, 4.69) is 28.7 Å². The maximum Gasteiger partial charge on any atom is 0.233 e. The summed E-state index contributed by atoms with van der Waals surface area (Å²) < 4.78 is 0.777. The van der Waals surface area contributed by atoms with Crippen LogP contribution in [0.25, 0.3) is 0 Å². The molecule has 0 bridgehead atoms. The molecule has 0 aliphatic heterocycles. The molecule has 0 unspecified atom stereocenters. The molecule has 0 aliphatic carbocycles. The van der Waals surface area contributed by atoms with Gasteiger partial charge in [-0.1, -0.05) is 41.3 Å². The lowest BCUT2D eigenvalue weighted by Crippen LogP contribution is -2.31. The molecule has 0 radical (unpaired) electrons. The number of carbonyl (C=O) groups is 1. The lowest BCUT2D eigenvalue weighted by atomic mass is 10.4. The molecule has 0 aliphatic rings. The van der Waals surface area contributed by atoms with E-state index in [-0.39, 0.29) is 5.91 Å². The predicted molar refractivity (Wildman–Crippen MR) is 99.3 cm³/mol. The summed E-state index contributed by atoms with van der Waals surface area (Å²) in [5.41, 5.74) is 0. The van der Waals surface area contributed by atoms with Crippen molar-refractivity contribution in [1.29, 1.82) is 0 Å². The molecular formula is C15H18N4OS3. The Labute approximate surface area is 148 Å². The van der Waals surface area contributed by atoms with Crippen LogP contribution in [0.4, 0.5) is 5.13 Å². The highest BCUT2D eigenvalue weighted by atomic mass is 32.2. The summed E-state index contributed by atoms with van der Waals surface area (Å²) in [6, 6.07) is 4.02. The summed E-state index contributed by atoms with van der Waals surface area (Å²) in [4.78, 5) is 15.4. The molecular weight excluding hydrogens is 348 g/mol. The second kappa shape index (κ2) is 9.49. The van der Waals surface area contributed by atoms with Gasteiger partial charge in [0.15, 0.2) is 4.34 Å². The van der Waals surface area contributed by atoms with E-state index in [0.717, 1.165) is 14.3 Å². The van der Waals surface area contributed by atoms with E-state index in [4.69, 9.17) is 0 Å². The van der Waals surface area contributed by atoms with Crippen LogP contribution >= 0.6 is 34.4 Å². The summed E-state index contributed by atoms with van der Waals surface area (Å²) in [6.07, 6.45) is 3.51. The number of thiophene rings is 1. The first-order valence-electron chi connectivity index (χ1n) is 6.95. The second-order valence-electron chi connectivity index (χ2n) is 4.47. The maximum absolute atomic E-state index is 12.4. The van der Waals surface area contributed by atoms with Crippen molar-refractivity contribution in [3.63, 3.8) is 0 Å². The van der Waals surface area contributed by atoms with Crippen molar-refractivity contribution in [3.8, 4) is 0 Å².